The van der Waals surface area contributed by atoms with E-state index in [1.165, 1.54) is 5.69 Å². The molecule has 0 unspecified atom stereocenters. The molecule has 0 atom stereocenters. The second-order valence-electron chi connectivity index (χ2n) is 5.79. The van der Waals surface area contributed by atoms with E-state index in [1.807, 2.05) is 30.3 Å². The van der Waals surface area contributed by atoms with Crippen molar-refractivity contribution in [3.8, 4) is 5.75 Å². The molecule has 0 bridgehead atoms. The van der Waals surface area contributed by atoms with Crippen LogP contribution in [0.2, 0.25) is 5.02 Å². The average molecular weight is 345 g/mol. The molecule has 126 valence electrons. The lowest BCUT2D eigenvalue weighted by atomic mass is 10.2. The van der Waals surface area contributed by atoms with Gasteiger partial charge in [0.2, 0.25) is 0 Å². The second-order valence-corrected chi connectivity index (χ2v) is 6.23. The number of phenols is 1. The summed E-state index contributed by atoms with van der Waals surface area (Å²) in [6, 6.07) is 15.0. The smallest absolute Gasteiger partial charge is 0.191 e. The van der Waals surface area contributed by atoms with Crippen LogP contribution in [0.5, 0.6) is 5.75 Å². The molecule has 1 heterocycles. The van der Waals surface area contributed by atoms with E-state index in [4.69, 9.17) is 17.3 Å². The molecule has 0 aliphatic carbocycles. The quantitative estimate of drug-likeness (QED) is 0.663. The lowest BCUT2D eigenvalue weighted by Gasteiger charge is -2.36. The van der Waals surface area contributed by atoms with Gasteiger partial charge >= 0.3 is 0 Å². The average Bonchev–Trinajstić information content (AvgIpc) is 2.61. The predicted octanol–water partition coefficient (Wildman–Crippen LogP) is 2.68. The van der Waals surface area contributed by atoms with Gasteiger partial charge < -0.3 is 20.6 Å². The summed E-state index contributed by atoms with van der Waals surface area (Å²) in [5.41, 5.74) is 8.23. The summed E-state index contributed by atoms with van der Waals surface area (Å²) in [7, 11) is 0. The number of rotatable bonds is 3. The standard InChI is InChI=1S/C18H21ClN4O/c19-15-4-6-16(7-5-15)22-8-10-23(11-9-22)18(20)21-13-14-2-1-3-17(24)12-14/h1-7,12,24H,8-11,13H2,(H2,20,21). The van der Waals surface area contributed by atoms with Crippen LogP contribution in [0.1, 0.15) is 5.56 Å². The van der Waals surface area contributed by atoms with E-state index in [9.17, 15) is 5.11 Å². The van der Waals surface area contributed by atoms with Gasteiger partial charge in [-0.05, 0) is 42.0 Å². The minimum absolute atomic E-state index is 0.248. The summed E-state index contributed by atoms with van der Waals surface area (Å²) < 4.78 is 0. The maximum atomic E-state index is 9.48. The molecule has 1 aliphatic rings. The number of hydrogen-bond acceptors (Lipinski definition) is 3. The fraction of sp³-hybridized carbons (Fsp3) is 0.278. The van der Waals surface area contributed by atoms with Gasteiger partial charge in [-0.25, -0.2) is 4.99 Å². The Morgan fingerprint density at radius 3 is 2.46 bits per heavy atom. The van der Waals surface area contributed by atoms with Crippen LogP contribution in [0.3, 0.4) is 0 Å². The number of piperazine rings is 1. The van der Waals surface area contributed by atoms with Crippen molar-refractivity contribution in [2.75, 3.05) is 31.1 Å². The first-order valence-corrected chi connectivity index (χ1v) is 8.33. The zero-order chi connectivity index (χ0) is 16.9. The van der Waals surface area contributed by atoms with E-state index in [-0.39, 0.29) is 5.75 Å². The number of anilines is 1. The summed E-state index contributed by atoms with van der Waals surface area (Å²) >= 11 is 5.94. The summed E-state index contributed by atoms with van der Waals surface area (Å²) in [6.45, 7) is 3.92. The van der Waals surface area contributed by atoms with E-state index >= 15 is 0 Å². The Kier molecular flexibility index (Phi) is 5.11. The number of nitrogens with two attached hydrogens (primary N) is 1. The minimum Gasteiger partial charge on any atom is -0.508 e. The van der Waals surface area contributed by atoms with E-state index in [2.05, 4.69) is 14.8 Å². The van der Waals surface area contributed by atoms with Crippen LogP contribution in [0, 0.1) is 0 Å². The van der Waals surface area contributed by atoms with Crippen LogP contribution in [0.4, 0.5) is 5.69 Å². The van der Waals surface area contributed by atoms with Gasteiger partial charge in [0.15, 0.2) is 5.96 Å². The van der Waals surface area contributed by atoms with Crippen LogP contribution in [0.25, 0.3) is 0 Å². The van der Waals surface area contributed by atoms with Crippen LogP contribution in [-0.2, 0) is 6.54 Å². The van der Waals surface area contributed by atoms with Gasteiger partial charge in [0.25, 0.3) is 0 Å². The van der Waals surface area contributed by atoms with Crippen molar-refractivity contribution in [1.82, 2.24) is 4.90 Å². The third kappa shape index (κ3) is 4.11. The number of hydrogen-bond donors (Lipinski definition) is 2. The highest BCUT2D eigenvalue weighted by atomic mass is 35.5. The number of nitrogens with zero attached hydrogens (tertiary/aromatic N) is 3. The van der Waals surface area contributed by atoms with Gasteiger partial charge in [-0.3, -0.25) is 0 Å². The van der Waals surface area contributed by atoms with Crippen LogP contribution >= 0.6 is 11.6 Å². The lowest BCUT2D eigenvalue weighted by Crippen LogP contribution is -2.51. The monoisotopic (exact) mass is 344 g/mol. The molecule has 0 saturated carbocycles. The third-order valence-electron chi connectivity index (χ3n) is 4.13. The van der Waals surface area contributed by atoms with E-state index in [0.717, 1.165) is 36.8 Å². The molecule has 3 rings (SSSR count). The van der Waals surface area contributed by atoms with Crippen LogP contribution in [-0.4, -0.2) is 42.1 Å². The van der Waals surface area contributed by atoms with Crippen molar-refractivity contribution in [3.63, 3.8) is 0 Å². The zero-order valence-corrected chi connectivity index (χ0v) is 14.2. The largest absolute Gasteiger partial charge is 0.508 e. The third-order valence-corrected chi connectivity index (χ3v) is 4.38. The molecule has 2 aromatic carbocycles. The number of guanidine groups is 1. The molecule has 1 aliphatic heterocycles. The van der Waals surface area contributed by atoms with E-state index < -0.39 is 0 Å². The number of aromatic hydroxyl groups is 1. The molecule has 0 radical (unpaired) electrons. The molecule has 1 saturated heterocycles. The van der Waals surface area contributed by atoms with Crippen molar-refractivity contribution in [2.45, 2.75) is 6.54 Å². The second kappa shape index (κ2) is 7.45. The van der Waals surface area contributed by atoms with Crippen molar-refractivity contribution in [2.24, 2.45) is 10.7 Å². The molecule has 3 N–H and O–H groups in total. The number of phenolic OH excluding ortho intramolecular Hbond substituents is 1. The highest BCUT2D eigenvalue weighted by Crippen LogP contribution is 2.19. The molecule has 5 nitrogen and oxygen atoms in total. The molecular formula is C18H21ClN4O. The molecule has 2 aromatic rings. The van der Waals surface area contributed by atoms with Gasteiger partial charge in [-0.1, -0.05) is 23.7 Å². The van der Waals surface area contributed by atoms with Gasteiger partial charge in [-0.15, -0.1) is 0 Å². The topological polar surface area (TPSA) is 65.1 Å². The van der Waals surface area contributed by atoms with Crippen molar-refractivity contribution in [1.29, 1.82) is 0 Å². The zero-order valence-electron chi connectivity index (χ0n) is 13.4. The molecular weight excluding hydrogens is 324 g/mol. The Morgan fingerprint density at radius 2 is 1.79 bits per heavy atom. The van der Waals surface area contributed by atoms with Crippen molar-refractivity contribution in [3.05, 3.63) is 59.1 Å². The number of benzene rings is 2. The predicted molar refractivity (Wildman–Crippen MR) is 98.7 cm³/mol. The highest BCUT2D eigenvalue weighted by Gasteiger charge is 2.18. The SMILES string of the molecule is NC(=NCc1cccc(O)c1)N1CCN(c2ccc(Cl)cc2)CC1. The molecule has 6 heteroatoms. The lowest BCUT2D eigenvalue weighted by molar-refractivity contribution is 0.380. The van der Waals surface area contributed by atoms with Gasteiger partial charge in [0, 0.05) is 36.9 Å². The summed E-state index contributed by atoms with van der Waals surface area (Å²) in [5, 5.41) is 10.2. The summed E-state index contributed by atoms with van der Waals surface area (Å²) in [4.78, 5) is 8.85. The Morgan fingerprint density at radius 1 is 1.08 bits per heavy atom. The first-order chi connectivity index (χ1) is 11.6. The molecule has 24 heavy (non-hydrogen) atoms. The van der Waals surface area contributed by atoms with E-state index in [0.29, 0.717) is 12.5 Å². The van der Waals surface area contributed by atoms with Crippen molar-refractivity contribution < 1.29 is 5.11 Å². The Labute approximate surface area is 147 Å². The van der Waals surface area contributed by atoms with E-state index in [1.54, 1.807) is 18.2 Å². The molecule has 0 spiro atoms. The molecule has 0 amide bonds. The summed E-state index contributed by atoms with van der Waals surface area (Å²) in [6.07, 6.45) is 0. The number of aliphatic imine (C=N–C) groups is 1. The molecule has 0 aromatic heterocycles. The van der Waals surface area contributed by atoms with Gasteiger partial charge in [-0.2, -0.15) is 0 Å². The Hall–Kier alpha value is -2.40. The van der Waals surface area contributed by atoms with Crippen molar-refractivity contribution >= 4 is 23.2 Å². The maximum absolute atomic E-state index is 9.48. The first kappa shape index (κ1) is 16.5. The Balaban J connectivity index is 1.55. The fourth-order valence-electron chi connectivity index (χ4n) is 2.77. The highest BCUT2D eigenvalue weighted by molar-refractivity contribution is 6.30. The normalized spacial score (nSPS) is 15.6. The van der Waals surface area contributed by atoms with Crippen LogP contribution < -0.4 is 10.6 Å². The molecule has 1 fully saturated rings. The fourth-order valence-corrected chi connectivity index (χ4v) is 2.90. The van der Waals surface area contributed by atoms with Gasteiger partial charge in [0.1, 0.15) is 5.75 Å². The Bertz CT molecular complexity index is 709. The number of halogens is 1. The summed E-state index contributed by atoms with van der Waals surface area (Å²) in [5.74, 6) is 0.798. The first-order valence-electron chi connectivity index (χ1n) is 7.95. The van der Waals surface area contributed by atoms with Crippen LogP contribution in [0.15, 0.2) is 53.5 Å². The maximum Gasteiger partial charge on any atom is 0.191 e. The minimum atomic E-state index is 0.248. The van der Waals surface area contributed by atoms with Gasteiger partial charge in [0.05, 0.1) is 6.54 Å².